The molecule has 0 radical (unpaired) electrons. The monoisotopic (exact) mass is 264 g/mol. The Kier molecular flexibility index (Phi) is 3.41. The van der Waals surface area contributed by atoms with E-state index in [4.69, 9.17) is 0 Å². The Bertz CT molecular complexity index is 687. The van der Waals surface area contributed by atoms with Gasteiger partial charge in [0.15, 0.2) is 0 Å². The van der Waals surface area contributed by atoms with Gasteiger partial charge in [0.2, 0.25) is 0 Å². The van der Waals surface area contributed by atoms with Gasteiger partial charge in [-0.25, -0.2) is 0 Å². The standard InChI is InChI=1S/C14H16O3S/c1-3-10-5-7-12-11(4-2)6-8-14(13(12)9-10)18(15,16)17/h5-9H,3-4H2,1-2H3,(H,15,16,17). The maximum absolute atomic E-state index is 11.4. The zero-order chi connectivity index (χ0) is 13.3. The summed E-state index contributed by atoms with van der Waals surface area (Å²) in [5, 5.41) is 1.50. The molecule has 0 heterocycles. The number of hydrogen-bond acceptors (Lipinski definition) is 2. The minimum atomic E-state index is -4.18. The molecule has 0 aromatic heterocycles. The summed E-state index contributed by atoms with van der Waals surface area (Å²) in [6, 6.07) is 9.02. The molecule has 3 nitrogen and oxygen atoms in total. The highest BCUT2D eigenvalue weighted by molar-refractivity contribution is 7.86. The lowest BCUT2D eigenvalue weighted by Gasteiger charge is -2.09. The van der Waals surface area contributed by atoms with Crippen molar-refractivity contribution in [2.24, 2.45) is 0 Å². The predicted molar refractivity (Wildman–Crippen MR) is 72.5 cm³/mol. The molecule has 0 fully saturated rings. The van der Waals surface area contributed by atoms with Crippen LogP contribution in [0.1, 0.15) is 25.0 Å². The summed E-state index contributed by atoms with van der Waals surface area (Å²) in [4.78, 5) is -0.00926. The summed E-state index contributed by atoms with van der Waals surface area (Å²) in [5.74, 6) is 0. The predicted octanol–water partition coefficient (Wildman–Crippen LogP) is 3.21. The number of aryl methyl sites for hydroxylation is 2. The fourth-order valence-electron chi connectivity index (χ4n) is 2.18. The summed E-state index contributed by atoms with van der Waals surface area (Å²) >= 11 is 0. The van der Waals surface area contributed by atoms with Crippen LogP contribution >= 0.6 is 0 Å². The first-order chi connectivity index (χ1) is 8.47. The Morgan fingerprint density at radius 2 is 1.72 bits per heavy atom. The number of hydrogen-bond donors (Lipinski definition) is 1. The van der Waals surface area contributed by atoms with Crippen LogP contribution in [0.3, 0.4) is 0 Å². The van der Waals surface area contributed by atoms with Crippen LogP contribution in [0.5, 0.6) is 0 Å². The van der Waals surface area contributed by atoms with Gasteiger partial charge in [0.1, 0.15) is 4.90 Å². The average Bonchev–Trinajstić information content (AvgIpc) is 2.35. The van der Waals surface area contributed by atoms with Gasteiger partial charge in [-0.15, -0.1) is 0 Å². The first-order valence-corrected chi connectivity index (χ1v) is 7.43. The summed E-state index contributed by atoms with van der Waals surface area (Å²) in [6.45, 7) is 4.04. The number of benzene rings is 2. The van der Waals surface area contributed by atoms with Crippen LogP contribution in [0.15, 0.2) is 35.2 Å². The van der Waals surface area contributed by atoms with Crippen molar-refractivity contribution in [3.05, 3.63) is 41.5 Å². The highest BCUT2D eigenvalue weighted by Crippen LogP contribution is 2.27. The molecule has 2 rings (SSSR count). The van der Waals surface area contributed by atoms with E-state index in [1.165, 1.54) is 6.07 Å². The van der Waals surface area contributed by atoms with E-state index in [-0.39, 0.29) is 4.90 Å². The van der Waals surface area contributed by atoms with Crippen LogP contribution in [0.25, 0.3) is 10.8 Å². The molecule has 0 saturated carbocycles. The molecule has 96 valence electrons. The Labute approximate surface area is 107 Å². The highest BCUT2D eigenvalue weighted by atomic mass is 32.2. The Morgan fingerprint density at radius 1 is 1.00 bits per heavy atom. The van der Waals surface area contributed by atoms with E-state index in [1.54, 1.807) is 6.07 Å². The maximum atomic E-state index is 11.4. The Morgan fingerprint density at radius 3 is 2.28 bits per heavy atom. The van der Waals surface area contributed by atoms with Gasteiger partial charge >= 0.3 is 0 Å². The van der Waals surface area contributed by atoms with Crippen molar-refractivity contribution in [2.75, 3.05) is 0 Å². The SMILES string of the molecule is CCc1ccc2c(CC)ccc(S(=O)(=O)O)c2c1. The van der Waals surface area contributed by atoms with E-state index in [2.05, 4.69) is 0 Å². The summed E-state index contributed by atoms with van der Waals surface area (Å²) in [5.41, 5.74) is 2.14. The second kappa shape index (κ2) is 4.71. The lowest BCUT2D eigenvalue weighted by atomic mass is 10.00. The van der Waals surface area contributed by atoms with Crippen LogP contribution in [-0.2, 0) is 23.0 Å². The fourth-order valence-corrected chi connectivity index (χ4v) is 2.87. The fraction of sp³-hybridized carbons (Fsp3) is 0.286. The molecule has 0 bridgehead atoms. The van der Waals surface area contributed by atoms with Crippen molar-refractivity contribution in [3.63, 3.8) is 0 Å². The average molecular weight is 264 g/mol. The summed E-state index contributed by atoms with van der Waals surface area (Å²) in [6.07, 6.45) is 1.66. The van der Waals surface area contributed by atoms with Gasteiger partial charge < -0.3 is 0 Å². The van der Waals surface area contributed by atoms with Crippen LogP contribution in [0.2, 0.25) is 0 Å². The Balaban J connectivity index is 2.89. The molecule has 0 aliphatic heterocycles. The molecular weight excluding hydrogens is 248 g/mol. The lowest BCUT2D eigenvalue weighted by molar-refractivity contribution is 0.484. The molecule has 2 aromatic rings. The van der Waals surface area contributed by atoms with Crippen molar-refractivity contribution < 1.29 is 13.0 Å². The minimum Gasteiger partial charge on any atom is -0.282 e. The molecule has 2 aromatic carbocycles. The number of fused-ring (bicyclic) bond motifs is 1. The second-order valence-electron chi connectivity index (χ2n) is 4.28. The molecule has 0 spiro atoms. The third kappa shape index (κ3) is 2.26. The van der Waals surface area contributed by atoms with Crippen LogP contribution < -0.4 is 0 Å². The molecular formula is C14H16O3S. The molecule has 0 aliphatic carbocycles. The van der Waals surface area contributed by atoms with E-state index in [1.807, 2.05) is 32.0 Å². The first-order valence-electron chi connectivity index (χ1n) is 5.99. The molecule has 4 heteroatoms. The van der Waals surface area contributed by atoms with E-state index in [9.17, 15) is 13.0 Å². The van der Waals surface area contributed by atoms with Crippen molar-refractivity contribution in [2.45, 2.75) is 31.6 Å². The largest absolute Gasteiger partial charge is 0.295 e. The van der Waals surface area contributed by atoms with Crippen LogP contribution in [0, 0.1) is 0 Å². The molecule has 0 atom stereocenters. The molecule has 0 amide bonds. The van der Waals surface area contributed by atoms with Gasteiger partial charge in [0.05, 0.1) is 0 Å². The second-order valence-corrected chi connectivity index (χ2v) is 5.67. The zero-order valence-electron chi connectivity index (χ0n) is 10.5. The molecule has 18 heavy (non-hydrogen) atoms. The van der Waals surface area contributed by atoms with Gasteiger partial charge in [0, 0.05) is 5.39 Å². The van der Waals surface area contributed by atoms with Gasteiger partial charge in [0.25, 0.3) is 10.1 Å². The van der Waals surface area contributed by atoms with E-state index >= 15 is 0 Å². The lowest BCUT2D eigenvalue weighted by Crippen LogP contribution is -2.00. The van der Waals surface area contributed by atoms with E-state index in [0.29, 0.717) is 5.39 Å². The smallest absolute Gasteiger partial charge is 0.282 e. The number of rotatable bonds is 3. The Hall–Kier alpha value is -1.39. The van der Waals surface area contributed by atoms with Crippen molar-refractivity contribution in [1.82, 2.24) is 0 Å². The summed E-state index contributed by atoms with van der Waals surface area (Å²) in [7, 11) is -4.18. The van der Waals surface area contributed by atoms with Crippen LogP contribution in [-0.4, -0.2) is 13.0 Å². The molecule has 0 unspecified atom stereocenters. The van der Waals surface area contributed by atoms with E-state index in [0.717, 1.165) is 29.4 Å². The maximum Gasteiger partial charge on any atom is 0.295 e. The van der Waals surface area contributed by atoms with Crippen LogP contribution in [0.4, 0.5) is 0 Å². The minimum absolute atomic E-state index is 0.00926. The van der Waals surface area contributed by atoms with E-state index < -0.39 is 10.1 Å². The zero-order valence-corrected chi connectivity index (χ0v) is 11.3. The van der Waals surface area contributed by atoms with Crippen molar-refractivity contribution in [3.8, 4) is 0 Å². The van der Waals surface area contributed by atoms with Gasteiger partial charge in [-0.3, -0.25) is 4.55 Å². The third-order valence-electron chi connectivity index (χ3n) is 3.20. The molecule has 1 N–H and O–H groups in total. The normalized spacial score (nSPS) is 11.9. The van der Waals surface area contributed by atoms with Gasteiger partial charge in [-0.2, -0.15) is 8.42 Å². The summed E-state index contributed by atoms with van der Waals surface area (Å²) < 4.78 is 32.1. The highest BCUT2D eigenvalue weighted by Gasteiger charge is 2.15. The van der Waals surface area contributed by atoms with Crippen molar-refractivity contribution in [1.29, 1.82) is 0 Å². The quantitative estimate of drug-likeness (QED) is 0.866. The van der Waals surface area contributed by atoms with Crippen molar-refractivity contribution >= 4 is 20.9 Å². The van der Waals surface area contributed by atoms with Gasteiger partial charge in [-0.1, -0.05) is 32.0 Å². The third-order valence-corrected chi connectivity index (χ3v) is 4.11. The van der Waals surface area contributed by atoms with Gasteiger partial charge in [-0.05, 0) is 41.5 Å². The molecule has 0 aliphatic rings. The topological polar surface area (TPSA) is 54.4 Å². The molecule has 0 saturated heterocycles. The first kappa shape index (κ1) is 13.1.